The number of thiazole rings is 1. The van der Waals surface area contributed by atoms with E-state index in [-0.39, 0.29) is 27.2 Å². The quantitative estimate of drug-likeness (QED) is 0.403. The summed E-state index contributed by atoms with van der Waals surface area (Å²) in [4.78, 5) is 4.80. The van der Waals surface area contributed by atoms with E-state index in [9.17, 15) is 21.9 Å². The number of aryl methyl sites for hydroxylation is 1. The van der Waals surface area contributed by atoms with Crippen molar-refractivity contribution in [1.82, 2.24) is 4.98 Å². The Labute approximate surface area is 191 Å². The van der Waals surface area contributed by atoms with Crippen LogP contribution in [0.5, 0.6) is 11.5 Å². The van der Waals surface area contributed by atoms with Crippen LogP contribution in [0.1, 0.15) is 19.5 Å². The van der Waals surface area contributed by atoms with Gasteiger partial charge >= 0.3 is 0 Å². The van der Waals surface area contributed by atoms with E-state index < -0.39 is 25.3 Å². The fraction of sp³-hybridized carbons (Fsp3) is 0.250. The summed E-state index contributed by atoms with van der Waals surface area (Å²) in [6, 6.07) is 10.3. The van der Waals surface area contributed by atoms with Crippen molar-refractivity contribution in [3.8, 4) is 21.9 Å². The van der Waals surface area contributed by atoms with E-state index >= 15 is 0 Å². The van der Waals surface area contributed by atoms with Crippen LogP contribution in [0.3, 0.4) is 0 Å². The molecule has 0 radical (unpaired) electrons. The summed E-state index contributed by atoms with van der Waals surface area (Å²) in [7, 11) is -6.23. The maximum Gasteiger partial charge on any atom is 0.265 e. The van der Waals surface area contributed by atoms with Crippen LogP contribution in [-0.2, 0) is 20.0 Å². The molecule has 0 atom stereocenters. The Morgan fingerprint density at radius 1 is 1.03 bits per heavy atom. The van der Waals surface area contributed by atoms with E-state index in [0.717, 1.165) is 11.3 Å². The number of aromatic nitrogens is 1. The van der Waals surface area contributed by atoms with Crippen LogP contribution in [0.15, 0.2) is 47.4 Å². The van der Waals surface area contributed by atoms with Crippen LogP contribution in [-0.4, -0.2) is 39.3 Å². The molecule has 0 aliphatic rings. The minimum absolute atomic E-state index is 0.0112. The van der Waals surface area contributed by atoms with Crippen LogP contribution in [0.4, 0.5) is 10.8 Å². The van der Waals surface area contributed by atoms with Crippen molar-refractivity contribution in [3.63, 3.8) is 0 Å². The molecular formula is C20H23N3O6S3. The van der Waals surface area contributed by atoms with E-state index in [1.165, 1.54) is 43.5 Å². The smallest absolute Gasteiger partial charge is 0.265 e. The van der Waals surface area contributed by atoms with E-state index in [1.54, 1.807) is 26.8 Å². The van der Waals surface area contributed by atoms with Gasteiger partial charge in [0.2, 0.25) is 10.0 Å². The molecule has 0 aliphatic carbocycles. The van der Waals surface area contributed by atoms with E-state index in [4.69, 9.17) is 4.74 Å². The maximum absolute atomic E-state index is 13.0. The summed E-state index contributed by atoms with van der Waals surface area (Å²) in [5, 5.41) is 8.98. The molecule has 0 amide bonds. The molecule has 12 heteroatoms. The second-order valence-corrected chi connectivity index (χ2v) is 12.0. The molecule has 0 spiro atoms. The van der Waals surface area contributed by atoms with Crippen molar-refractivity contribution in [3.05, 3.63) is 48.2 Å². The van der Waals surface area contributed by atoms with Crippen molar-refractivity contribution in [1.29, 1.82) is 0 Å². The Morgan fingerprint density at radius 3 is 2.28 bits per heavy atom. The maximum atomic E-state index is 13.0. The third-order valence-electron chi connectivity index (χ3n) is 4.48. The molecule has 0 aliphatic heterocycles. The Morgan fingerprint density at radius 2 is 1.69 bits per heavy atom. The molecule has 2 aromatic carbocycles. The van der Waals surface area contributed by atoms with Gasteiger partial charge in [0.15, 0.2) is 5.13 Å². The highest BCUT2D eigenvalue weighted by molar-refractivity contribution is 7.93. The molecule has 0 fully saturated rings. The third-order valence-corrected chi connectivity index (χ3v) is 8.85. The van der Waals surface area contributed by atoms with Crippen molar-refractivity contribution in [2.75, 3.05) is 16.6 Å². The first kappa shape index (κ1) is 23.8. The lowest BCUT2D eigenvalue weighted by Gasteiger charge is -2.13. The molecule has 0 bridgehead atoms. The lowest BCUT2D eigenvalue weighted by molar-refractivity contribution is 0.403. The Balaban J connectivity index is 2.00. The van der Waals surface area contributed by atoms with Gasteiger partial charge in [-0.2, -0.15) is 0 Å². The first-order chi connectivity index (χ1) is 14.9. The van der Waals surface area contributed by atoms with Crippen molar-refractivity contribution >= 4 is 42.2 Å². The molecule has 9 nitrogen and oxygen atoms in total. The molecule has 32 heavy (non-hydrogen) atoms. The molecule has 0 saturated heterocycles. The number of rotatable bonds is 8. The molecule has 172 valence electrons. The van der Waals surface area contributed by atoms with Crippen LogP contribution in [0.2, 0.25) is 0 Å². The lowest BCUT2D eigenvalue weighted by atomic mass is 10.1. The minimum Gasteiger partial charge on any atom is -0.508 e. The number of ether oxygens (including phenoxy) is 1. The van der Waals surface area contributed by atoms with Gasteiger partial charge in [-0.05, 0) is 68.8 Å². The zero-order valence-electron chi connectivity index (χ0n) is 17.8. The number of phenols is 1. The number of methoxy groups -OCH3 is 1. The fourth-order valence-electron chi connectivity index (χ4n) is 2.72. The van der Waals surface area contributed by atoms with Gasteiger partial charge in [-0.15, -0.1) is 0 Å². The highest BCUT2D eigenvalue weighted by atomic mass is 32.2. The fourth-order valence-corrected chi connectivity index (χ4v) is 5.82. The normalized spacial score (nSPS) is 12.0. The first-order valence-corrected chi connectivity index (χ1v) is 13.3. The number of phenolic OH excluding ortho intramolecular Hbond substituents is 1. The van der Waals surface area contributed by atoms with E-state index in [2.05, 4.69) is 14.4 Å². The van der Waals surface area contributed by atoms with E-state index in [1.807, 2.05) is 0 Å². The Bertz CT molecular complexity index is 1330. The Hall–Kier alpha value is -2.83. The minimum atomic E-state index is -4.03. The van der Waals surface area contributed by atoms with Crippen molar-refractivity contribution in [2.24, 2.45) is 0 Å². The lowest BCUT2D eigenvalue weighted by Crippen LogP contribution is -2.22. The molecular weight excluding hydrogens is 474 g/mol. The average molecular weight is 498 g/mol. The largest absolute Gasteiger partial charge is 0.508 e. The zero-order chi connectivity index (χ0) is 23.7. The van der Waals surface area contributed by atoms with Crippen molar-refractivity contribution in [2.45, 2.75) is 30.9 Å². The van der Waals surface area contributed by atoms with Crippen molar-refractivity contribution < 1.29 is 26.7 Å². The standard InChI is InChI=1S/C20H23N3O6S3/c1-12(2)31(25,26)23-20-21-13(3)19(30-20)14-5-10-17(29-4)18(11-14)32(27,28)22-15-6-8-16(24)9-7-15/h5-12,22,24H,1-4H3,(H,21,23). The summed E-state index contributed by atoms with van der Waals surface area (Å²) in [5.41, 5.74) is 1.37. The molecule has 1 aromatic heterocycles. The summed E-state index contributed by atoms with van der Waals surface area (Å²) < 4.78 is 60.6. The predicted molar refractivity (Wildman–Crippen MR) is 125 cm³/mol. The molecule has 3 aromatic rings. The third kappa shape index (κ3) is 5.14. The highest BCUT2D eigenvalue weighted by Gasteiger charge is 2.23. The number of anilines is 2. The molecule has 1 heterocycles. The van der Waals surface area contributed by atoms with Crippen LogP contribution in [0.25, 0.3) is 10.4 Å². The number of sulfonamides is 2. The number of nitrogens with zero attached hydrogens (tertiary/aromatic N) is 1. The molecule has 0 saturated carbocycles. The van der Waals surface area contributed by atoms with Gasteiger partial charge in [-0.1, -0.05) is 11.3 Å². The monoisotopic (exact) mass is 497 g/mol. The summed E-state index contributed by atoms with van der Waals surface area (Å²) in [5.74, 6) is 0.153. The highest BCUT2D eigenvalue weighted by Crippen LogP contribution is 2.37. The van der Waals surface area contributed by atoms with Gasteiger partial charge in [0.05, 0.1) is 22.9 Å². The number of hydrogen-bond acceptors (Lipinski definition) is 8. The van der Waals surface area contributed by atoms with Gasteiger partial charge in [-0.3, -0.25) is 9.44 Å². The van der Waals surface area contributed by atoms with Crippen LogP contribution >= 0.6 is 11.3 Å². The number of benzene rings is 2. The van der Waals surface area contributed by atoms with Gasteiger partial charge in [0.1, 0.15) is 16.4 Å². The van der Waals surface area contributed by atoms with Gasteiger partial charge in [-0.25, -0.2) is 21.8 Å². The molecule has 3 rings (SSSR count). The summed E-state index contributed by atoms with van der Waals surface area (Å²) in [6.45, 7) is 4.84. The van der Waals surface area contributed by atoms with Crippen LogP contribution < -0.4 is 14.2 Å². The van der Waals surface area contributed by atoms with Gasteiger partial charge < -0.3 is 9.84 Å². The van der Waals surface area contributed by atoms with Gasteiger partial charge in [0.25, 0.3) is 10.0 Å². The number of aromatic hydroxyl groups is 1. The Kier molecular flexibility index (Phi) is 6.67. The second-order valence-electron chi connectivity index (χ2n) is 7.15. The SMILES string of the molecule is COc1ccc(-c2sc(NS(=O)(=O)C(C)C)nc2C)cc1S(=O)(=O)Nc1ccc(O)cc1. The first-order valence-electron chi connectivity index (χ1n) is 9.42. The average Bonchev–Trinajstić information content (AvgIpc) is 3.08. The molecule has 0 unspecified atom stereocenters. The second kappa shape index (κ2) is 8.96. The predicted octanol–water partition coefficient (Wildman–Crippen LogP) is 3.78. The van der Waals surface area contributed by atoms with E-state index in [0.29, 0.717) is 16.1 Å². The van der Waals surface area contributed by atoms with Crippen LogP contribution in [0, 0.1) is 6.92 Å². The molecule has 3 N–H and O–H groups in total. The number of hydrogen-bond donors (Lipinski definition) is 3. The zero-order valence-corrected chi connectivity index (χ0v) is 20.2. The van der Waals surface area contributed by atoms with Gasteiger partial charge in [0, 0.05) is 5.69 Å². The summed E-state index contributed by atoms with van der Waals surface area (Å²) >= 11 is 1.11. The topological polar surface area (TPSA) is 135 Å². The number of nitrogens with one attached hydrogen (secondary N) is 2. The summed E-state index contributed by atoms with van der Waals surface area (Å²) in [6.07, 6.45) is 0.